The second-order valence-electron chi connectivity index (χ2n) is 7.83. The Bertz CT molecular complexity index is 1570. The number of phenolic OH excluding ortho intramolecular Hbond substituents is 1. The number of phenols is 1. The average Bonchev–Trinajstić information content (AvgIpc) is 3.15. The van der Waals surface area contributed by atoms with E-state index >= 15 is 0 Å². The molecule has 0 unspecified atom stereocenters. The first-order chi connectivity index (χ1) is 16.0. The fourth-order valence-electron chi connectivity index (χ4n) is 4.13. The van der Waals surface area contributed by atoms with Gasteiger partial charge in [-0.05, 0) is 49.6 Å². The van der Waals surface area contributed by atoms with Crippen molar-refractivity contribution in [1.29, 1.82) is 0 Å². The summed E-state index contributed by atoms with van der Waals surface area (Å²) < 4.78 is 3.09. The number of benzene rings is 2. The molecule has 8 nitrogen and oxygen atoms in total. The van der Waals surface area contributed by atoms with Gasteiger partial charge < -0.3 is 10.4 Å². The predicted octanol–water partition coefficient (Wildman–Crippen LogP) is 3.54. The topological polar surface area (TPSA) is 102 Å². The predicted molar refractivity (Wildman–Crippen MR) is 125 cm³/mol. The molecule has 0 saturated heterocycles. The van der Waals surface area contributed by atoms with Crippen LogP contribution >= 0.6 is 0 Å². The molecule has 33 heavy (non-hydrogen) atoms. The minimum Gasteiger partial charge on any atom is -0.507 e. The first-order valence-electron chi connectivity index (χ1n) is 10.5. The monoisotopic (exact) mass is 439 g/mol. The van der Waals surface area contributed by atoms with Gasteiger partial charge in [-0.3, -0.25) is 14.2 Å². The number of nitrogens with one attached hydrogen (secondary N) is 1. The number of aromatic hydroxyl groups is 1. The number of aromatic nitrogens is 4. The number of rotatable bonds is 4. The molecule has 0 spiro atoms. The number of pyridine rings is 1. The van der Waals surface area contributed by atoms with Gasteiger partial charge in [0.2, 0.25) is 0 Å². The van der Waals surface area contributed by atoms with Crippen LogP contribution in [-0.4, -0.2) is 30.2 Å². The molecule has 0 aliphatic heterocycles. The van der Waals surface area contributed by atoms with Crippen LogP contribution in [0.4, 0.5) is 0 Å². The van der Waals surface area contributed by atoms with Gasteiger partial charge in [-0.2, -0.15) is 5.10 Å². The third kappa shape index (κ3) is 3.41. The van der Waals surface area contributed by atoms with Gasteiger partial charge >= 0.3 is 0 Å². The summed E-state index contributed by atoms with van der Waals surface area (Å²) in [6, 6.07) is 17.1. The highest BCUT2D eigenvalue weighted by molar-refractivity contribution is 6.01. The number of amides is 1. The number of carbonyl (C=O) groups is 1. The number of nitrogens with zero attached hydrogens (tertiary/aromatic N) is 4. The maximum Gasteiger partial charge on any atom is 0.267 e. The zero-order valence-electron chi connectivity index (χ0n) is 18.1. The van der Waals surface area contributed by atoms with Crippen LogP contribution in [-0.2, 0) is 0 Å². The molecule has 164 valence electrons. The van der Waals surface area contributed by atoms with Crippen molar-refractivity contribution in [2.45, 2.75) is 19.9 Å². The zero-order valence-corrected chi connectivity index (χ0v) is 18.1. The Labute approximate surface area is 188 Å². The minimum atomic E-state index is -0.532. The Hall–Kier alpha value is -4.46. The lowest BCUT2D eigenvalue weighted by atomic mass is 10.1. The second-order valence-corrected chi connectivity index (χ2v) is 7.83. The average molecular weight is 439 g/mol. The van der Waals surface area contributed by atoms with E-state index in [0.29, 0.717) is 33.7 Å². The summed E-state index contributed by atoms with van der Waals surface area (Å²) in [5.41, 5.74) is 2.26. The quantitative estimate of drug-likeness (QED) is 0.446. The van der Waals surface area contributed by atoms with E-state index in [1.54, 1.807) is 42.0 Å². The Balaban J connectivity index is 1.64. The van der Waals surface area contributed by atoms with Gasteiger partial charge in [0, 0.05) is 23.8 Å². The molecule has 1 atom stereocenters. The smallest absolute Gasteiger partial charge is 0.267 e. The molecule has 0 aliphatic carbocycles. The molecular formula is C25H21N5O3. The van der Waals surface area contributed by atoms with Crippen LogP contribution in [0.3, 0.4) is 0 Å². The molecular weight excluding hydrogens is 418 g/mol. The van der Waals surface area contributed by atoms with Crippen molar-refractivity contribution in [3.63, 3.8) is 0 Å². The normalized spacial score (nSPS) is 12.2. The standard InChI is InChI=1S/C25H21N5O3/c1-15(27-24(32)21-16(2)28-29-13-7-12-26-23(21)29)19-14-17-8-6-11-20(31)22(17)25(33)30(19)18-9-4-3-5-10-18/h3-15,31H,1-2H3,(H,27,32)/t15-/m0/s1. The van der Waals surface area contributed by atoms with E-state index in [0.717, 1.165) is 0 Å². The van der Waals surface area contributed by atoms with Gasteiger partial charge in [-0.1, -0.05) is 30.3 Å². The molecule has 0 saturated carbocycles. The molecule has 3 heterocycles. The Morgan fingerprint density at radius 3 is 2.67 bits per heavy atom. The lowest BCUT2D eigenvalue weighted by Gasteiger charge is -2.21. The molecule has 2 aromatic carbocycles. The fraction of sp³-hybridized carbons (Fsp3) is 0.120. The number of fused-ring (bicyclic) bond motifs is 2. The fourth-order valence-corrected chi connectivity index (χ4v) is 4.13. The van der Waals surface area contributed by atoms with E-state index in [-0.39, 0.29) is 22.6 Å². The number of para-hydroxylation sites is 1. The second kappa shape index (κ2) is 7.90. The van der Waals surface area contributed by atoms with Crippen molar-refractivity contribution in [2.75, 3.05) is 0 Å². The van der Waals surface area contributed by atoms with E-state index in [9.17, 15) is 14.7 Å². The number of hydrogen-bond donors (Lipinski definition) is 2. The molecule has 0 bridgehead atoms. The highest BCUT2D eigenvalue weighted by Gasteiger charge is 2.23. The van der Waals surface area contributed by atoms with E-state index in [1.807, 2.05) is 43.3 Å². The number of carbonyl (C=O) groups excluding carboxylic acids is 1. The van der Waals surface area contributed by atoms with Crippen LogP contribution in [0.5, 0.6) is 5.75 Å². The maximum atomic E-state index is 13.5. The van der Waals surface area contributed by atoms with Gasteiger partial charge in [0.05, 0.1) is 17.1 Å². The van der Waals surface area contributed by atoms with Gasteiger partial charge in [0.15, 0.2) is 5.65 Å². The zero-order chi connectivity index (χ0) is 23.1. The molecule has 1 amide bonds. The molecule has 0 fully saturated rings. The van der Waals surface area contributed by atoms with Crippen LogP contribution < -0.4 is 10.9 Å². The lowest BCUT2D eigenvalue weighted by Crippen LogP contribution is -2.32. The summed E-state index contributed by atoms with van der Waals surface area (Å²) in [6.07, 6.45) is 3.35. The number of hydrogen-bond acceptors (Lipinski definition) is 5. The minimum absolute atomic E-state index is 0.0847. The van der Waals surface area contributed by atoms with Crippen molar-refractivity contribution < 1.29 is 9.90 Å². The number of aryl methyl sites for hydroxylation is 1. The molecule has 0 radical (unpaired) electrons. The Kier molecular flexibility index (Phi) is 4.90. The summed E-state index contributed by atoms with van der Waals surface area (Å²) >= 11 is 0. The highest BCUT2D eigenvalue weighted by Crippen LogP contribution is 2.26. The summed E-state index contributed by atoms with van der Waals surface area (Å²) in [7, 11) is 0. The summed E-state index contributed by atoms with van der Waals surface area (Å²) in [5.74, 6) is -0.421. The molecule has 0 aliphatic rings. The third-order valence-corrected chi connectivity index (χ3v) is 5.66. The van der Waals surface area contributed by atoms with Gasteiger partial charge in [0.25, 0.3) is 11.5 Å². The molecule has 5 aromatic rings. The van der Waals surface area contributed by atoms with Crippen molar-refractivity contribution in [2.24, 2.45) is 0 Å². The first kappa shape index (κ1) is 20.4. The van der Waals surface area contributed by atoms with Crippen LogP contribution in [0.15, 0.2) is 77.9 Å². The summed E-state index contributed by atoms with van der Waals surface area (Å²) in [5, 5.41) is 18.5. The first-order valence-corrected chi connectivity index (χ1v) is 10.5. The van der Waals surface area contributed by atoms with Crippen molar-refractivity contribution in [1.82, 2.24) is 24.5 Å². The summed E-state index contributed by atoms with van der Waals surface area (Å²) in [6.45, 7) is 3.57. The van der Waals surface area contributed by atoms with Crippen molar-refractivity contribution in [3.8, 4) is 11.4 Å². The maximum absolute atomic E-state index is 13.5. The molecule has 2 N–H and O–H groups in total. The highest BCUT2D eigenvalue weighted by atomic mass is 16.3. The lowest BCUT2D eigenvalue weighted by molar-refractivity contribution is 0.0939. The van der Waals surface area contributed by atoms with Gasteiger partial charge in [-0.25, -0.2) is 9.50 Å². The van der Waals surface area contributed by atoms with Crippen molar-refractivity contribution >= 4 is 22.3 Å². The molecule has 5 rings (SSSR count). The Morgan fingerprint density at radius 2 is 1.88 bits per heavy atom. The van der Waals surface area contributed by atoms with Crippen LogP contribution in [0.2, 0.25) is 0 Å². The van der Waals surface area contributed by atoms with Crippen LogP contribution in [0, 0.1) is 6.92 Å². The largest absolute Gasteiger partial charge is 0.507 e. The SMILES string of the molecule is Cc1nn2cccnc2c1C(=O)N[C@@H](C)c1cc2cccc(O)c2c(=O)n1-c1ccccc1. The molecule has 3 aromatic heterocycles. The van der Waals surface area contributed by atoms with E-state index in [2.05, 4.69) is 15.4 Å². The van der Waals surface area contributed by atoms with Crippen molar-refractivity contribution in [3.05, 3.63) is 100 Å². The van der Waals surface area contributed by atoms with E-state index < -0.39 is 6.04 Å². The van der Waals surface area contributed by atoms with Crippen LogP contribution in [0.1, 0.15) is 34.7 Å². The van der Waals surface area contributed by atoms with Gasteiger partial charge in [0.1, 0.15) is 11.3 Å². The third-order valence-electron chi connectivity index (χ3n) is 5.66. The Morgan fingerprint density at radius 1 is 1.09 bits per heavy atom. The van der Waals surface area contributed by atoms with Crippen LogP contribution in [0.25, 0.3) is 22.1 Å². The summed E-state index contributed by atoms with van der Waals surface area (Å²) in [4.78, 5) is 31.0. The van der Waals surface area contributed by atoms with Gasteiger partial charge in [-0.15, -0.1) is 0 Å². The van der Waals surface area contributed by atoms with E-state index in [4.69, 9.17) is 0 Å². The molecule has 8 heteroatoms. The van der Waals surface area contributed by atoms with E-state index in [1.165, 1.54) is 10.6 Å².